The minimum atomic E-state index is -0.532. The number of hydrogen-bond acceptors (Lipinski definition) is 6. The van der Waals surface area contributed by atoms with Crippen molar-refractivity contribution in [2.45, 2.75) is 18.8 Å². The highest BCUT2D eigenvalue weighted by atomic mass is 32.1. The number of carbonyl (C=O) groups is 2. The van der Waals surface area contributed by atoms with Gasteiger partial charge in [-0.1, -0.05) is 18.2 Å². The highest BCUT2D eigenvalue weighted by Crippen LogP contribution is 2.30. The number of para-hydroxylation sites is 1. The molecule has 1 aliphatic rings. The Labute approximate surface area is 219 Å². The fourth-order valence-electron chi connectivity index (χ4n) is 3.82. The monoisotopic (exact) mass is 523 g/mol. The van der Waals surface area contributed by atoms with E-state index in [1.54, 1.807) is 17.5 Å². The molecular weight excluding hydrogens is 494 g/mol. The Balaban J connectivity index is 1.22. The van der Waals surface area contributed by atoms with Crippen molar-refractivity contribution in [2.75, 3.05) is 42.7 Å². The molecule has 11 heteroatoms. The van der Waals surface area contributed by atoms with Crippen LogP contribution in [0.3, 0.4) is 0 Å². The molecule has 4 rings (SSSR count). The topological polar surface area (TPSA) is 102 Å². The molecule has 3 amide bonds. The zero-order chi connectivity index (χ0) is 25.5. The third-order valence-electron chi connectivity index (χ3n) is 5.84. The van der Waals surface area contributed by atoms with Crippen LogP contribution in [0.25, 0.3) is 0 Å². The highest BCUT2D eigenvalue weighted by molar-refractivity contribution is 7.80. The third kappa shape index (κ3) is 6.70. The number of hydrogen-bond donors (Lipinski definition) is 4. The van der Waals surface area contributed by atoms with Crippen LogP contribution in [0.2, 0.25) is 0 Å². The summed E-state index contributed by atoms with van der Waals surface area (Å²) in [5, 5.41) is 9.31. The number of benzene rings is 2. The molecule has 2 heterocycles. The lowest BCUT2D eigenvalue weighted by atomic mass is 9.98. The number of aromatic nitrogens is 1. The SMILES string of the molecule is CN(C)c1ccc(NC(=S)N2CCC(c3nc(C(=O)NNC(=O)Nc4ccccc4)cs3)CC2)cc1. The Hall–Kier alpha value is -3.70. The second kappa shape index (κ2) is 11.8. The van der Waals surface area contributed by atoms with Gasteiger partial charge in [0, 0.05) is 55.5 Å². The molecule has 36 heavy (non-hydrogen) atoms. The summed E-state index contributed by atoms with van der Waals surface area (Å²) in [4.78, 5) is 33.1. The Bertz CT molecular complexity index is 1190. The highest BCUT2D eigenvalue weighted by Gasteiger charge is 2.25. The summed E-state index contributed by atoms with van der Waals surface area (Å²) in [5.74, 6) is -0.187. The van der Waals surface area contributed by atoms with Crippen molar-refractivity contribution >= 4 is 57.7 Å². The van der Waals surface area contributed by atoms with Crippen LogP contribution in [0, 0.1) is 0 Å². The van der Waals surface area contributed by atoms with Crippen molar-refractivity contribution in [3.63, 3.8) is 0 Å². The number of anilines is 3. The molecule has 0 bridgehead atoms. The minimum absolute atomic E-state index is 0.268. The zero-order valence-corrected chi connectivity index (χ0v) is 21.8. The Morgan fingerprint density at radius 2 is 1.64 bits per heavy atom. The lowest BCUT2D eigenvalue weighted by Gasteiger charge is -2.33. The molecule has 1 fully saturated rings. The van der Waals surface area contributed by atoms with Crippen molar-refractivity contribution in [1.29, 1.82) is 0 Å². The maximum absolute atomic E-state index is 12.4. The number of thiocarbonyl (C=S) groups is 1. The molecule has 1 saturated heterocycles. The molecule has 0 spiro atoms. The van der Waals surface area contributed by atoms with Crippen LogP contribution in [0.15, 0.2) is 60.0 Å². The molecule has 0 aliphatic carbocycles. The lowest BCUT2D eigenvalue weighted by molar-refractivity contribution is 0.0933. The van der Waals surface area contributed by atoms with E-state index in [1.807, 2.05) is 44.4 Å². The van der Waals surface area contributed by atoms with Gasteiger partial charge in [0.05, 0.1) is 5.01 Å². The van der Waals surface area contributed by atoms with Crippen LogP contribution in [-0.4, -0.2) is 54.1 Å². The summed E-state index contributed by atoms with van der Waals surface area (Å²) < 4.78 is 0. The van der Waals surface area contributed by atoms with Gasteiger partial charge in [-0.05, 0) is 61.5 Å². The average Bonchev–Trinajstić information content (AvgIpc) is 3.39. The normalized spacial score (nSPS) is 13.6. The molecule has 9 nitrogen and oxygen atoms in total. The molecule has 0 unspecified atom stereocenters. The van der Waals surface area contributed by atoms with E-state index in [-0.39, 0.29) is 11.6 Å². The Morgan fingerprint density at radius 3 is 2.31 bits per heavy atom. The van der Waals surface area contributed by atoms with Gasteiger partial charge in [0.15, 0.2) is 5.11 Å². The summed E-state index contributed by atoms with van der Waals surface area (Å²) >= 11 is 7.09. The van der Waals surface area contributed by atoms with E-state index >= 15 is 0 Å². The van der Waals surface area contributed by atoms with E-state index in [0.717, 1.165) is 42.3 Å². The first-order chi connectivity index (χ1) is 17.4. The maximum atomic E-state index is 12.4. The predicted octanol–water partition coefficient (Wildman–Crippen LogP) is 4.25. The number of piperidine rings is 1. The second-order valence-electron chi connectivity index (χ2n) is 8.60. The number of amides is 3. The van der Waals surface area contributed by atoms with Crippen molar-refractivity contribution in [1.82, 2.24) is 20.7 Å². The van der Waals surface area contributed by atoms with Gasteiger partial charge in [-0.3, -0.25) is 10.2 Å². The minimum Gasteiger partial charge on any atom is -0.378 e. The van der Waals surface area contributed by atoms with Gasteiger partial charge in [-0.2, -0.15) is 0 Å². The number of hydrazine groups is 1. The fraction of sp³-hybridized carbons (Fsp3) is 0.280. The summed E-state index contributed by atoms with van der Waals surface area (Å²) in [6, 6.07) is 16.6. The van der Waals surface area contributed by atoms with Crippen LogP contribution in [-0.2, 0) is 0 Å². The molecule has 0 atom stereocenters. The average molecular weight is 524 g/mol. The van der Waals surface area contributed by atoms with E-state index in [1.165, 1.54) is 11.3 Å². The van der Waals surface area contributed by atoms with Crippen LogP contribution in [0.4, 0.5) is 21.9 Å². The van der Waals surface area contributed by atoms with Crippen LogP contribution >= 0.6 is 23.6 Å². The summed E-state index contributed by atoms with van der Waals surface area (Å²) in [7, 11) is 4.02. The summed E-state index contributed by atoms with van der Waals surface area (Å²) in [6.45, 7) is 1.63. The Morgan fingerprint density at radius 1 is 0.972 bits per heavy atom. The molecule has 2 aromatic carbocycles. The van der Waals surface area contributed by atoms with Gasteiger partial charge in [-0.25, -0.2) is 15.2 Å². The molecule has 3 aromatic rings. The first-order valence-electron chi connectivity index (χ1n) is 11.6. The third-order valence-corrected chi connectivity index (χ3v) is 7.21. The van der Waals surface area contributed by atoms with Gasteiger partial charge in [0.2, 0.25) is 0 Å². The summed E-state index contributed by atoms with van der Waals surface area (Å²) in [5.41, 5.74) is 7.76. The largest absolute Gasteiger partial charge is 0.378 e. The van der Waals surface area contributed by atoms with Crippen LogP contribution in [0.5, 0.6) is 0 Å². The first kappa shape index (κ1) is 25.4. The number of rotatable bonds is 5. The number of thiazole rings is 1. The Kier molecular flexibility index (Phi) is 8.34. The van der Waals surface area contributed by atoms with E-state index in [0.29, 0.717) is 10.8 Å². The molecule has 188 valence electrons. The maximum Gasteiger partial charge on any atom is 0.337 e. The molecular formula is C25H29N7O2S2. The lowest BCUT2D eigenvalue weighted by Crippen LogP contribution is -2.44. The standard InChI is InChI=1S/C25H29N7O2S2/c1-31(2)20-10-8-19(9-11-20)27-25(35)32-14-12-17(13-15-32)23-28-21(16-36-23)22(33)29-30-24(34)26-18-6-4-3-5-7-18/h3-11,16-17H,12-15H2,1-2H3,(H,27,35)(H,29,33)(H2,26,30,34). The van der Waals surface area contributed by atoms with E-state index < -0.39 is 11.9 Å². The molecule has 0 saturated carbocycles. The molecule has 1 aliphatic heterocycles. The zero-order valence-electron chi connectivity index (χ0n) is 20.2. The quantitative estimate of drug-likeness (QED) is 0.293. The van der Waals surface area contributed by atoms with Crippen molar-refractivity contribution < 1.29 is 9.59 Å². The number of nitrogens with one attached hydrogen (secondary N) is 4. The first-order valence-corrected chi connectivity index (χ1v) is 12.9. The van der Waals surface area contributed by atoms with Gasteiger partial charge < -0.3 is 20.4 Å². The van der Waals surface area contributed by atoms with Gasteiger partial charge >= 0.3 is 6.03 Å². The number of carbonyl (C=O) groups excluding carboxylic acids is 2. The summed E-state index contributed by atoms with van der Waals surface area (Å²) in [6.07, 6.45) is 1.79. The van der Waals surface area contributed by atoms with Crippen LogP contribution in [0.1, 0.15) is 34.3 Å². The smallest absolute Gasteiger partial charge is 0.337 e. The number of urea groups is 1. The van der Waals surface area contributed by atoms with Gasteiger partial charge in [-0.15, -0.1) is 11.3 Å². The second-order valence-corrected chi connectivity index (χ2v) is 9.88. The molecule has 0 radical (unpaired) electrons. The van der Waals surface area contributed by atoms with Gasteiger partial charge in [0.25, 0.3) is 5.91 Å². The number of likely N-dealkylation sites (tertiary alicyclic amines) is 1. The van der Waals surface area contributed by atoms with Crippen LogP contribution < -0.4 is 26.4 Å². The van der Waals surface area contributed by atoms with E-state index in [9.17, 15) is 9.59 Å². The fourth-order valence-corrected chi connectivity index (χ4v) is 5.09. The van der Waals surface area contributed by atoms with Crippen molar-refractivity contribution in [3.05, 3.63) is 70.7 Å². The predicted molar refractivity (Wildman–Crippen MR) is 149 cm³/mol. The number of nitrogens with zero attached hydrogens (tertiary/aromatic N) is 3. The van der Waals surface area contributed by atoms with E-state index in [2.05, 4.69) is 48.4 Å². The molecule has 4 N–H and O–H groups in total. The van der Waals surface area contributed by atoms with E-state index in [4.69, 9.17) is 12.2 Å². The van der Waals surface area contributed by atoms with Crippen molar-refractivity contribution in [3.8, 4) is 0 Å². The molecule has 1 aromatic heterocycles. The van der Waals surface area contributed by atoms with Gasteiger partial charge in [0.1, 0.15) is 5.69 Å². The van der Waals surface area contributed by atoms with Crippen molar-refractivity contribution in [2.24, 2.45) is 0 Å².